The lowest BCUT2D eigenvalue weighted by molar-refractivity contribution is 0.102. The van der Waals surface area contributed by atoms with Gasteiger partial charge in [-0.15, -0.1) is 0 Å². The van der Waals surface area contributed by atoms with Gasteiger partial charge in [-0.05, 0) is 31.2 Å². The van der Waals surface area contributed by atoms with E-state index in [1.54, 1.807) is 39.3 Å². The van der Waals surface area contributed by atoms with Crippen LogP contribution in [0.5, 0.6) is 11.5 Å². The van der Waals surface area contributed by atoms with Crippen LogP contribution in [-0.4, -0.2) is 30.1 Å². The molecule has 27 heavy (non-hydrogen) atoms. The summed E-state index contributed by atoms with van der Waals surface area (Å²) in [7, 11) is 3.16. The summed E-state index contributed by atoms with van der Waals surface area (Å²) in [5, 5.41) is 5.98. The second kappa shape index (κ2) is 8.18. The van der Waals surface area contributed by atoms with Crippen LogP contribution >= 0.6 is 0 Å². The number of nitrogens with zero attached hydrogens (tertiary/aromatic N) is 2. The van der Waals surface area contributed by atoms with Gasteiger partial charge in [0.2, 0.25) is 0 Å². The second-order valence-corrected chi connectivity index (χ2v) is 5.70. The minimum absolute atomic E-state index is 0.249. The quantitative estimate of drug-likeness (QED) is 0.692. The predicted molar refractivity (Wildman–Crippen MR) is 104 cm³/mol. The zero-order chi connectivity index (χ0) is 19.2. The Hall–Kier alpha value is -3.61. The molecule has 7 nitrogen and oxygen atoms in total. The highest BCUT2D eigenvalue weighted by Crippen LogP contribution is 2.24. The molecule has 0 aliphatic carbocycles. The van der Waals surface area contributed by atoms with Gasteiger partial charge in [0.25, 0.3) is 5.91 Å². The fraction of sp³-hybridized carbons (Fsp3) is 0.150. The summed E-state index contributed by atoms with van der Waals surface area (Å²) in [6.07, 6.45) is 0. The van der Waals surface area contributed by atoms with Crippen LogP contribution in [0, 0.1) is 6.92 Å². The summed E-state index contributed by atoms with van der Waals surface area (Å²) in [6.45, 7) is 1.73. The Morgan fingerprint density at radius 2 is 1.78 bits per heavy atom. The molecule has 3 rings (SSSR count). The first-order chi connectivity index (χ1) is 13.1. The number of methoxy groups -OCH3 is 2. The number of benzene rings is 2. The molecule has 3 aromatic rings. The van der Waals surface area contributed by atoms with Crippen LogP contribution in [-0.2, 0) is 0 Å². The van der Waals surface area contributed by atoms with Crippen LogP contribution < -0.4 is 20.1 Å². The Bertz CT molecular complexity index is 959. The van der Waals surface area contributed by atoms with E-state index in [0.717, 1.165) is 11.4 Å². The number of nitrogens with one attached hydrogen (secondary N) is 2. The number of carbonyl (C=O) groups is 1. The molecule has 0 saturated carbocycles. The SMILES string of the molecule is COc1cccc(Nc2cc(C(=O)Nc3ccccc3OC)nc(C)n2)c1. The van der Waals surface area contributed by atoms with E-state index >= 15 is 0 Å². The molecule has 1 aromatic heterocycles. The van der Waals surface area contributed by atoms with Gasteiger partial charge in [0, 0.05) is 17.8 Å². The van der Waals surface area contributed by atoms with Gasteiger partial charge in [-0.25, -0.2) is 9.97 Å². The predicted octanol–water partition coefficient (Wildman–Crippen LogP) is 3.80. The van der Waals surface area contributed by atoms with E-state index in [1.807, 2.05) is 36.4 Å². The third kappa shape index (κ3) is 4.52. The van der Waals surface area contributed by atoms with Crippen molar-refractivity contribution in [3.63, 3.8) is 0 Å². The van der Waals surface area contributed by atoms with Gasteiger partial charge in [0.15, 0.2) is 0 Å². The molecule has 138 valence electrons. The van der Waals surface area contributed by atoms with E-state index in [4.69, 9.17) is 9.47 Å². The van der Waals surface area contributed by atoms with Crippen LogP contribution in [0.25, 0.3) is 0 Å². The number of aryl methyl sites for hydroxylation is 1. The average Bonchev–Trinajstić information content (AvgIpc) is 2.68. The Labute approximate surface area is 157 Å². The molecule has 0 fully saturated rings. The van der Waals surface area contributed by atoms with E-state index in [-0.39, 0.29) is 11.6 Å². The van der Waals surface area contributed by atoms with Crippen LogP contribution in [0.3, 0.4) is 0 Å². The van der Waals surface area contributed by atoms with Gasteiger partial charge in [-0.1, -0.05) is 18.2 Å². The van der Waals surface area contributed by atoms with Gasteiger partial charge < -0.3 is 20.1 Å². The van der Waals surface area contributed by atoms with Crippen molar-refractivity contribution in [2.45, 2.75) is 6.92 Å². The summed E-state index contributed by atoms with van der Waals surface area (Å²) in [6, 6.07) is 16.2. The molecule has 0 bridgehead atoms. The van der Waals surface area contributed by atoms with Crippen LogP contribution in [0.4, 0.5) is 17.2 Å². The number of rotatable bonds is 6. The maximum absolute atomic E-state index is 12.6. The molecule has 2 aromatic carbocycles. The molecule has 0 unspecified atom stereocenters. The van der Waals surface area contributed by atoms with E-state index in [1.165, 1.54) is 0 Å². The molecule has 0 spiro atoms. The smallest absolute Gasteiger partial charge is 0.274 e. The minimum atomic E-state index is -0.348. The molecule has 2 N–H and O–H groups in total. The van der Waals surface area contributed by atoms with E-state index < -0.39 is 0 Å². The Balaban J connectivity index is 1.83. The monoisotopic (exact) mass is 364 g/mol. The van der Waals surface area contributed by atoms with Gasteiger partial charge in [0.1, 0.15) is 28.8 Å². The molecular weight excluding hydrogens is 344 g/mol. The Morgan fingerprint density at radius 3 is 2.56 bits per heavy atom. The van der Waals surface area contributed by atoms with E-state index in [2.05, 4.69) is 20.6 Å². The number of ether oxygens (including phenoxy) is 2. The van der Waals surface area contributed by atoms with E-state index in [0.29, 0.717) is 23.1 Å². The normalized spacial score (nSPS) is 10.2. The molecular formula is C20H20N4O3. The lowest BCUT2D eigenvalue weighted by Crippen LogP contribution is -2.16. The first kappa shape index (κ1) is 18.2. The molecule has 0 aliphatic heterocycles. The van der Waals surface area contributed by atoms with Crippen LogP contribution in [0.2, 0.25) is 0 Å². The van der Waals surface area contributed by atoms with Crippen LogP contribution in [0.1, 0.15) is 16.3 Å². The molecule has 7 heteroatoms. The van der Waals surface area contributed by atoms with Gasteiger partial charge in [0.05, 0.1) is 19.9 Å². The lowest BCUT2D eigenvalue weighted by Gasteiger charge is -2.11. The van der Waals surface area contributed by atoms with Gasteiger partial charge >= 0.3 is 0 Å². The van der Waals surface area contributed by atoms with Crippen molar-refractivity contribution in [2.75, 3.05) is 24.9 Å². The van der Waals surface area contributed by atoms with Crippen molar-refractivity contribution in [2.24, 2.45) is 0 Å². The Kier molecular flexibility index (Phi) is 5.51. The van der Waals surface area contributed by atoms with Crippen LogP contribution in [0.15, 0.2) is 54.6 Å². The number of anilines is 3. The molecule has 1 heterocycles. The van der Waals surface area contributed by atoms with Crippen molar-refractivity contribution in [3.05, 3.63) is 66.1 Å². The number of hydrogen-bond donors (Lipinski definition) is 2. The number of carbonyl (C=O) groups excluding carboxylic acids is 1. The van der Waals surface area contributed by atoms with Gasteiger partial charge in [-0.2, -0.15) is 0 Å². The number of aromatic nitrogens is 2. The van der Waals surface area contributed by atoms with Crippen molar-refractivity contribution in [1.29, 1.82) is 0 Å². The zero-order valence-electron chi connectivity index (χ0n) is 15.3. The van der Waals surface area contributed by atoms with Crippen molar-refractivity contribution >= 4 is 23.1 Å². The second-order valence-electron chi connectivity index (χ2n) is 5.70. The highest BCUT2D eigenvalue weighted by molar-refractivity contribution is 6.04. The third-order valence-electron chi connectivity index (χ3n) is 3.77. The maximum atomic E-state index is 12.6. The fourth-order valence-electron chi connectivity index (χ4n) is 2.53. The van der Waals surface area contributed by atoms with Gasteiger partial charge in [-0.3, -0.25) is 4.79 Å². The highest BCUT2D eigenvalue weighted by atomic mass is 16.5. The molecule has 1 amide bonds. The maximum Gasteiger partial charge on any atom is 0.274 e. The summed E-state index contributed by atoms with van der Waals surface area (Å²) in [5.41, 5.74) is 1.62. The molecule has 0 saturated heterocycles. The first-order valence-corrected chi connectivity index (χ1v) is 8.30. The average molecular weight is 364 g/mol. The van der Waals surface area contributed by atoms with Crippen molar-refractivity contribution in [3.8, 4) is 11.5 Å². The number of para-hydroxylation sites is 2. The highest BCUT2D eigenvalue weighted by Gasteiger charge is 2.13. The van der Waals surface area contributed by atoms with E-state index in [9.17, 15) is 4.79 Å². The number of hydrogen-bond acceptors (Lipinski definition) is 6. The molecule has 0 radical (unpaired) electrons. The first-order valence-electron chi connectivity index (χ1n) is 8.30. The summed E-state index contributed by atoms with van der Waals surface area (Å²) in [5.74, 6) is 1.94. The topological polar surface area (TPSA) is 85.4 Å². The standard InChI is InChI=1S/C20H20N4O3/c1-13-21-17(20(25)24-16-9-4-5-10-18(16)27-3)12-19(22-13)23-14-7-6-8-15(11-14)26-2/h4-12H,1-3H3,(H,24,25)(H,21,22,23). The van der Waals surface area contributed by atoms with Crippen molar-refractivity contribution in [1.82, 2.24) is 9.97 Å². The minimum Gasteiger partial charge on any atom is -0.497 e. The zero-order valence-corrected chi connectivity index (χ0v) is 15.3. The fourth-order valence-corrected chi connectivity index (χ4v) is 2.53. The van der Waals surface area contributed by atoms with Crippen molar-refractivity contribution < 1.29 is 14.3 Å². The lowest BCUT2D eigenvalue weighted by atomic mass is 10.2. The molecule has 0 atom stereocenters. The largest absolute Gasteiger partial charge is 0.497 e. The molecule has 0 aliphatic rings. The summed E-state index contributed by atoms with van der Waals surface area (Å²) < 4.78 is 10.5. The Morgan fingerprint density at radius 1 is 0.963 bits per heavy atom. The summed E-state index contributed by atoms with van der Waals surface area (Å²) in [4.78, 5) is 21.2. The third-order valence-corrected chi connectivity index (χ3v) is 3.77. The summed E-state index contributed by atoms with van der Waals surface area (Å²) >= 11 is 0. The number of amides is 1.